The van der Waals surface area contributed by atoms with E-state index in [2.05, 4.69) is 6.58 Å². The molecule has 19 heavy (non-hydrogen) atoms. The van der Waals surface area contributed by atoms with E-state index in [0.29, 0.717) is 17.9 Å². The second-order valence-corrected chi connectivity index (χ2v) is 4.46. The largest absolute Gasteiger partial charge is 0.504 e. The van der Waals surface area contributed by atoms with Gasteiger partial charge in [-0.1, -0.05) is 33.4 Å². The van der Waals surface area contributed by atoms with Crippen molar-refractivity contribution >= 4 is 5.97 Å². The van der Waals surface area contributed by atoms with E-state index in [1.165, 1.54) is 0 Å². The molecule has 0 heterocycles. The van der Waals surface area contributed by atoms with Gasteiger partial charge in [-0.2, -0.15) is 0 Å². The number of carbonyl (C=O) groups excluding carboxylic acids is 1. The van der Waals surface area contributed by atoms with E-state index in [0.717, 1.165) is 12.5 Å². The molecule has 4 nitrogen and oxygen atoms in total. The summed E-state index contributed by atoms with van der Waals surface area (Å²) in [6.45, 7) is 9.68. The standard InChI is InChI=1S/C15H20O4/c1-5-9-18-12-8-7-11(10(3)4)14(17)15(12)19-13(16)6-2/h6-8,10,17H,2,5,9H2,1,3-4H3. The number of hydrogen-bond acceptors (Lipinski definition) is 4. The van der Waals surface area contributed by atoms with Crippen LogP contribution in [0.5, 0.6) is 17.2 Å². The van der Waals surface area contributed by atoms with Gasteiger partial charge in [-0.25, -0.2) is 4.79 Å². The lowest BCUT2D eigenvalue weighted by Crippen LogP contribution is -2.07. The number of aromatic hydroxyl groups is 1. The number of carbonyl (C=O) groups is 1. The lowest BCUT2D eigenvalue weighted by molar-refractivity contribution is -0.129. The van der Waals surface area contributed by atoms with Crippen molar-refractivity contribution in [1.82, 2.24) is 0 Å². The van der Waals surface area contributed by atoms with Gasteiger partial charge >= 0.3 is 5.97 Å². The topological polar surface area (TPSA) is 55.8 Å². The Bertz CT molecular complexity index is 463. The first-order valence-electron chi connectivity index (χ1n) is 6.34. The number of hydrogen-bond donors (Lipinski definition) is 1. The van der Waals surface area contributed by atoms with Gasteiger partial charge in [0.2, 0.25) is 5.75 Å². The number of rotatable bonds is 6. The van der Waals surface area contributed by atoms with E-state index in [1.54, 1.807) is 12.1 Å². The summed E-state index contributed by atoms with van der Waals surface area (Å²) in [5.41, 5.74) is 0.704. The van der Waals surface area contributed by atoms with Crippen LogP contribution in [0, 0.1) is 0 Å². The molecule has 0 unspecified atom stereocenters. The minimum Gasteiger partial charge on any atom is -0.504 e. The highest BCUT2D eigenvalue weighted by Crippen LogP contribution is 2.42. The Kier molecular flexibility index (Phi) is 5.42. The van der Waals surface area contributed by atoms with Gasteiger partial charge in [-0.15, -0.1) is 0 Å². The summed E-state index contributed by atoms with van der Waals surface area (Å²) in [4.78, 5) is 11.3. The van der Waals surface area contributed by atoms with Gasteiger partial charge in [0.25, 0.3) is 0 Å². The number of phenolic OH excluding ortho intramolecular Hbond substituents is 1. The van der Waals surface area contributed by atoms with Gasteiger partial charge in [-0.3, -0.25) is 0 Å². The molecule has 0 bridgehead atoms. The molecule has 0 aliphatic rings. The Morgan fingerprint density at radius 3 is 2.68 bits per heavy atom. The third kappa shape index (κ3) is 3.74. The molecule has 1 aromatic carbocycles. The van der Waals surface area contributed by atoms with Crippen molar-refractivity contribution in [2.24, 2.45) is 0 Å². The van der Waals surface area contributed by atoms with Crippen LogP contribution in [0.1, 0.15) is 38.7 Å². The molecule has 0 fully saturated rings. The van der Waals surface area contributed by atoms with Gasteiger partial charge in [0.05, 0.1) is 6.61 Å². The zero-order valence-corrected chi connectivity index (χ0v) is 11.6. The fraction of sp³-hybridized carbons (Fsp3) is 0.400. The van der Waals surface area contributed by atoms with Crippen LogP contribution in [-0.2, 0) is 4.79 Å². The Labute approximate surface area is 113 Å². The number of benzene rings is 1. The first-order valence-corrected chi connectivity index (χ1v) is 6.34. The van der Waals surface area contributed by atoms with Crippen LogP contribution in [-0.4, -0.2) is 17.7 Å². The molecule has 0 spiro atoms. The maximum atomic E-state index is 11.3. The molecule has 0 radical (unpaired) electrons. The maximum absolute atomic E-state index is 11.3. The molecule has 0 aliphatic heterocycles. The van der Waals surface area contributed by atoms with Crippen molar-refractivity contribution in [1.29, 1.82) is 0 Å². The Balaban J connectivity index is 3.20. The van der Waals surface area contributed by atoms with E-state index in [4.69, 9.17) is 9.47 Å². The molecule has 104 valence electrons. The van der Waals surface area contributed by atoms with E-state index in [-0.39, 0.29) is 17.4 Å². The highest BCUT2D eigenvalue weighted by Gasteiger charge is 2.19. The van der Waals surface area contributed by atoms with E-state index >= 15 is 0 Å². The van der Waals surface area contributed by atoms with Crippen LogP contribution in [0.4, 0.5) is 0 Å². The molecule has 4 heteroatoms. The summed E-state index contributed by atoms with van der Waals surface area (Å²) < 4.78 is 10.6. The quantitative estimate of drug-likeness (QED) is 0.486. The fourth-order valence-electron chi connectivity index (χ4n) is 1.60. The van der Waals surface area contributed by atoms with Gasteiger partial charge in [0.15, 0.2) is 11.5 Å². The molecule has 0 saturated heterocycles. The van der Waals surface area contributed by atoms with Gasteiger partial charge in [-0.05, 0) is 18.4 Å². The molecular weight excluding hydrogens is 244 g/mol. The second-order valence-electron chi connectivity index (χ2n) is 4.46. The van der Waals surface area contributed by atoms with Crippen LogP contribution >= 0.6 is 0 Å². The first-order chi connectivity index (χ1) is 9.01. The molecular formula is C15H20O4. The Morgan fingerprint density at radius 1 is 1.47 bits per heavy atom. The van der Waals surface area contributed by atoms with Crippen LogP contribution in [0.25, 0.3) is 0 Å². The van der Waals surface area contributed by atoms with Gasteiger partial charge in [0.1, 0.15) is 0 Å². The third-order valence-corrected chi connectivity index (χ3v) is 2.58. The molecule has 0 atom stereocenters. The van der Waals surface area contributed by atoms with Crippen molar-refractivity contribution in [2.45, 2.75) is 33.1 Å². The predicted octanol–water partition coefficient (Wildman–Crippen LogP) is 3.40. The van der Waals surface area contributed by atoms with Crippen molar-refractivity contribution in [3.8, 4) is 17.2 Å². The SMILES string of the molecule is C=CC(=O)Oc1c(OCCC)ccc(C(C)C)c1O. The predicted molar refractivity (Wildman–Crippen MR) is 73.8 cm³/mol. The van der Waals surface area contributed by atoms with Gasteiger partial charge in [0, 0.05) is 11.6 Å². The summed E-state index contributed by atoms with van der Waals surface area (Å²) in [7, 11) is 0. The molecule has 1 N–H and O–H groups in total. The van der Waals surface area contributed by atoms with E-state index in [1.807, 2.05) is 20.8 Å². The summed E-state index contributed by atoms with van der Waals surface area (Å²) >= 11 is 0. The Morgan fingerprint density at radius 2 is 2.16 bits per heavy atom. The first kappa shape index (κ1) is 15.1. The van der Waals surface area contributed by atoms with Crippen LogP contribution in [0.2, 0.25) is 0 Å². The lowest BCUT2D eigenvalue weighted by atomic mass is 10.0. The number of ether oxygens (including phenoxy) is 2. The zero-order chi connectivity index (χ0) is 14.4. The number of esters is 1. The van der Waals surface area contributed by atoms with Crippen LogP contribution in [0.3, 0.4) is 0 Å². The maximum Gasteiger partial charge on any atom is 0.335 e. The normalized spacial score (nSPS) is 10.3. The lowest BCUT2D eigenvalue weighted by Gasteiger charge is -2.16. The molecule has 0 amide bonds. The smallest absolute Gasteiger partial charge is 0.335 e. The summed E-state index contributed by atoms with van der Waals surface area (Å²) in [5, 5.41) is 10.2. The molecule has 1 aromatic rings. The highest BCUT2D eigenvalue weighted by atomic mass is 16.6. The van der Waals surface area contributed by atoms with Gasteiger partial charge < -0.3 is 14.6 Å². The molecule has 0 saturated carbocycles. The summed E-state index contributed by atoms with van der Waals surface area (Å²) in [5.74, 6) is -0.152. The molecule has 1 rings (SSSR count). The summed E-state index contributed by atoms with van der Waals surface area (Å²) in [6.07, 6.45) is 1.87. The highest BCUT2D eigenvalue weighted by molar-refractivity contribution is 5.84. The van der Waals surface area contributed by atoms with Crippen molar-refractivity contribution in [3.63, 3.8) is 0 Å². The molecule has 0 aromatic heterocycles. The minimum absolute atomic E-state index is 0.0567. The second kappa shape index (κ2) is 6.83. The average Bonchev–Trinajstić information content (AvgIpc) is 2.38. The van der Waals surface area contributed by atoms with E-state index < -0.39 is 5.97 Å². The van der Waals surface area contributed by atoms with E-state index in [9.17, 15) is 9.90 Å². The van der Waals surface area contributed by atoms with Crippen LogP contribution in [0.15, 0.2) is 24.8 Å². The minimum atomic E-state index is -0.627. The van der Waals surface area contributed by atoms with Crippen molar-refractivity contribution in [3.05, 3.63) is 30.4 Å². The zero-order valence-electron chi connectivity index (χ0n) is 11.6. The van der Waals surface area contributed by atoms with Crippen molar-refractivity contribution < 1.29 is 19.4 Å². The van der Waals surface area contributed by atoms with Crippen LogP contribution < -0.4 is 9.47 Å². The number of phenols is 1. The fourth-order valence-corrected chi connectivity index (χ4v) is 1.60. The monoisotopic (exact) mass is 264 g/mol. The summed E-state index contributed by atoms with van der Waals surface area (Å²) in [6, 6.07) is 3.48. The Hall–Kier alpha value is -1.97. The molecule has 0 aliphatic carbocycles. The van der Waals surface area contributed by atoms with Crippen molar-refractivity contribution in [2.75, 3.05) is 6.61 Å². The third-order valence-electron chi connectivity index (χ3n) is 2.58. The average molecular weight is 264 g/mol.